The second kappa shape index (κ2) is 13.8. The summed E-state index contributed by atoms with van der Waals surface area (Å²) in [6.45, 7) is 0. The first-order chi connectivity index (χ1) is 32.2. The molecule has 0 N–H and O–H groups in total. The van der Waals surface area contributed by atoms with Crippen molar-refractivity contribution >= 4 is 65.4 Å². The van der Waals surface area contributed by atoms with Crippen LogP contribution in [0.25, 0.3) is 110 Å². The van der Waals surface area contributed by atoms with Gasteiger partial charge < -0.3 is 8.83 Å². The number of benzene rings is 11. The van der Waals surface area contributed by atoms with Crippen LogP contribution in [0.3, 0.4) is 0 Å². The van der Waals surface area contributed by atoms with Crippen molar-refractivity contribution in [3.8, 4) is 44.5 Å². The van der Waals surface area contributed by atoms with Gasteiger partial charge in [0.05, 0.1) is 5.41 Å². The third-order valence-corrected chi connectivity index (χ3v) is 14.2. The third kappa shape index (κ3) is 5.17. The van der Waals surface area contributed by atoms with Gasteiger partial charge in [-0.2, -0.15) is 0 Å². The number of fused-ring (bicyclic) bond motifs is 11. The average Bonchev–Trinajstić information content (AvgIpc) is 4.03. The Balaban J connectivity index is 1.08. The molecule has 0 saturated carbocycles. The minimum atomic E-state index is -0.521. The Morgan fingerprint density at radius 2 is 0.692 bits per heavy atom. The van der Waals surface area contributed by atoms with Crippen molar-refractivity contribution in [2.75, 3.05) is 0 Å². The van der Waals surface area contributed by atoms with Crippen molar-refractivity contribution < 1.29 is 8.83 Å². The first kappa shape index (κ1) is 36.1. The zero-order chi connectivity index (χ0) is 42.6. The van der Waals surface area contributed by atoms with Crippen molar-refractivity contribution in [2.24, 2.45) is 0 Å². The Morgan fingerprint density at radius 3 is 1.28 bits per heavy atom. The quantitative estimate of drug-likeness (QED) is 0.162. The van der Waals surface area contributed by atoms with E-state index in [0.717, 1.165) is 55.0 Å². The first-order valence-electron chi connectivity index (χ1n) is 22.4. The molecule has 2 aromatic heterocycles. The molecule has 0 bridgehead atoms. The normalized spacial score (nSPS) is 13.0. The maximum Gasteiger partial charge on any atom is 0.135 e. The highest BCUT2D eigenvalue weighted by molar-refractivity contribution is 6.20. The van der Waals surface area contributed by atoms with Crippen molar-refractivity contribution in [1.82, 2.24) is 0 Å². The molecule has 13 aromatic rings. The smallest absolute Gasteiger partial charge is 0.135 e. The van der Waals surface area contributed by atoms with Gasteiger partial charge in [0.25, 0.3) is 0 Å². The highest BCUT2D eigenvalue weighted by atomic mass is 16.3. The fourth-order valence-electron chi connectivity index (χ4n) is 11.4. The van der Waals surface area contributed by atoms with E-state index >= 15 is 0 Å². The van der Waals surface area contributed by atoms with Gasteiger partial charge in [0, 0.05) is 21.5 Å². The lowest BCUT2D eigenvalue weighted by molar-refractivity contribution is 0.668. The van der Waals surface area contributed by atoms with Gasteiger partial charge in [0.15, 0.2) is 0 Å². The number of rotatable bonds is 5. The maximum absolute atomic E-state index is 6.32. The number of hydrogen-bond donors (Lipinski definition) is 0. The van der Waals surface area contributed by atoms with E-state index in [1.807, 2.05) is 12.1 Å². The lowest BCUT2D eigenvalue weighted by Crippen LogP contribution is -2.28. The summed E-state index contributed by atoms with van der Waals surface area (Å²) in [5, 5.41) is 9.31. The summed E-state index contributed by atoms with van der Waals surface area (Å²) in [5.74, 6) is 0. The van der Waals surface area contributed by atoms with E-state index in [1.54, 1.807) is 0 Å². The van der Waals surface area contributed by atoms with Crippen molar-refractivity contribution in [1.29, 1.82) is 0 Å². The van der Waals surface area contributed by atoms with E-state index in [2.05, 4.69) is 218 Å². The molecule has 0 fully saturated rings. The second-order valence-corrected chi connectivity index (χ2v) is 17.5. The minimum absolute atomic E-state index is 0.521. The molecule has 0 unspecified atom stereocenters. The average molecular weight is 827 g/mol. The fourth-order valence-corrected chi connectivity index (χ4v) is 11.4. The van der Waals surface area contributed by atoms with Gasteiger partial charge in [-0.15, -0.1) is 0 Å². The second-order valence-electron chi connectivity index (χ2n) is 17.5. The van der Waals surface area contributed by atoms with Crippen LogP contribution < -0.4 is 0 Å². The predicted octanol–water partition coefficient (Wildman–Crippen LogP) is 17.2. The summed E-state index contributed by atoms with van der Waals surface area (Å²) < 4.78 is 12.6. The van der Waals surface area contributed by atoms with E-state index in [0.29, 0.717) is 0 Å². The Kier molecular flexibility index (Phi) is 7.64. The highest BCUT2D eigenvalue weighted by Crippen LogP contribution is 2.57. The minimum Gasteiger partial charge on any atom is -0.456 e. The summed E-state index contributed by atoms with van der Waals surface area (Å²) in [4.78, 5) is 0. The summed E-state index contributed by atoms with van der Waals surface area (Å²) in [6.07, 6.45) is 0. The molecule has 11 aromatic carbocycles. The molecule has 1 aliphatic carbocycles. The SMILES string of the molecule is c1ccc(C2(c3ccccc3)c3ccccc3-c3ccc(-c4c5cccc(-c6ccc7oc8ccccc8c7c6)c5cc5c(-c6ccc7oc8ccccc8c7c6)cccc45)cc32)cc1. The van der Waals surface area contributed by atoms with Gasteiger partial charge in [0.2, 0.25) is 0 Å². The third-order valence-electron chi connectivity index (χ3n) is 14.2. The van der Waals surface area contributed by atoms with E-state index in [1.165, 1.54) is 77.2 Å². The molecule has 65 heavy (non-hydrogen) atoms. The molecule has 0 aliphatic heterocycles. The van der Waals surface area contributed by atoms with Gasteiger partial charge in [-0.1, -0.05) is 182 Å². The van der Waals surface area contributed by atoms with E-state index in [-0.39, 0.29) is 0 Å². The first-order valence-corrected chi connectivity index (χ1v) is 22.4. The molecule has 2 heteroatoms. The molecular formula is C63H38O2. The van der Waals surface area contributed by atoms with Crippen LogP contribution in [-0.4, -0.2) is 0 Å². The summed E-state index contributed by atoms with van der Waals surface area (Å²) in [5.41, 5.74) is 17.8. The molecule has 0 amide bonds. The van der Waals surface area contributed by atoms with Crippen LogP contribution in [0.5, 0.6) is 0 Å². The molecule has 1 aliphatic rings. The summed E-state index contributed by atoms with van der Waals surface area (Å²) in [6, 6.07) is 84.5. The highest BCUT2D eigenvalue weighted by Gasteiger charge is 2.46. The lowest BCUT2D eigenvalue weighted by atomic mass is 9.67. The fraction of sp³-hybridized carbons (Fsp3) is 0.0159. The molecular weight excluding hydrogens is 789 g/mol. The molecule has 0 radical (unpaired) electrons. The Labute approximate surface area is 375 Å². The number of furan rings is 2. The molecule has 0 saturated heterocycles. The number of hydrogen-bond acceptors (Lipinski definition) is 2. The molecule has 2 heterocycles. The van der Waals surface area contributed by atoms with E-state index < -0.39 is 5.41 Å². The van der Waals surface area contributed by atoms with Gasteiger partial charge in [-0.05, 0) is 137 Å². The molecule has 2 nitrogen and oxygen atoms in total. The van der Waals surface area contributed by atoms with Crippen LogP contribution in [0.15, 0.2) is 239 Å². The van der Waals surface area contributed by atoms with Gasteiger partial charge in [0.1, 0.15) is 22.3 Å². The summed E-state index contributed by atoms with van der Waals surface area (Å²) >= 11 is 0. The van der Waals surface area contributed by atoms with E-state index in [9.17, 15) is 0 Å². The Bertz CT molecular complexity index is 3850. The number of para-hydroxylation sites is 2. The zero-order valence-corrected chi connectivity index (χ0v) is 35.3. The van der Waals surface area contributed by atoms with Crippen LogP contribution in [0.1, 0.15) is 22.3 Å². The lowest BCUT2D eigenvalue weighted by Gasteiger charge is -2.34. The molecule has 14 rings (SSSR count). The predicted molar refractivity (Wildman–Crippen MR) is 270 cm³/mol. The van der Waals surface area contributed by atoms with Crippen LogP contribution in [0.2, 0.25) is 0 Å². The Hall–Kier alpha value is -8.46. The summed E-state index contributed by atoms with van der Waals surface area (Å²) in [7, 11) is 0. The molecule has 0 spiro atoms. The standard InChI is InChI=1S/C63H38O2/c1-3-15-42(16-4-1)63(43-17-5-2-6-18-43)56-26-10-7-19-46(56)47-32-29-41(37-57(47)63)62-50-24-13-22-44(39-30-33-60-54(35-39)48-20-8-11-27-58(48)64-60)52(50)38-53-45(23-14-25-51(53)62)40-31-34-61-55(36-40)49-21-9-12-28-59(49)65-61/h1-38H. The van der Waals surface area contributed by atoms with Crippen molar-refractivity contribution in [3.05, 3.63) is 253 Å². The monoisotopic (exact) mass is 826 g/mol. The van der Waals surface area contributed by atoms with Gasteiger partial charge in [-0.25, -0.2) is 0 Å². The van der Waals surface area contributed by atoms with Crippen LogP contribution in [0.4, 0.5) is 0 Å². The Morgan fingerprint density at radius 1 is 0.246 bits per heavy atom. The van der Waals surface area contributed by atoms with Gasteiger partial charge in [-0.3, -0.25) is 0 Å². The van der Waals surface area contributed by atoms with Crippen LogP contribution in [0, 0.1) is 0 Å². The van der Waals surface area contributed by atoms with Crippen LogP contribution in [-0.2, 0) is 5.41 Å². The van der Waals surface area contributed by atoms with E-state index in [4.69, 9.17) is 8.83 Å². The topological polar surface area (TPSA) is 26.3 Å². The van der Waals surface area contributed by atoms with Gasteiger partial charge >= 0.3 is 0 Å². The van der Waals surface area contributed by atoms with Crippen LogP contribution >= 0.6 is 0 Å². The van der Waals surface area contributed by atoms with Crippen molar-refractivity contribution in [3.63, 3.8) is 0 Å². The molecule has 0 atom stereocenters. The molecule has 302 valence electrons. The maximum atomic E-state index is 6.32. The largest absolute Gasteiger partial charge is 0.456 e. The zero-order valence-electron chi connectivity index (χ0n) is 35.3. The van der Waals surface area contributed by atoms with Crippen molar-refractivity contribution in [2.45, 2.75) is 5.41 Å².